The molecule has 2 heterocycles. The smallest absolute Gasteiger partial charge is 0.146 e. The van der Waals surface area contributed by atoms with E-state index in [1.165, 1.54) is 6.20 Å². The molecule has 6 heteroatoms. The Morgan fingerprint density at radius 2 is 2.32 bits per heavy atom. The number of hydrogen-bond acceptors (Lipinski definition) is 4. The van der Waals surface area contributed by atoms with Gasteiger partial charge in [0, 0.05) is 37.1 Å². The molecule has 0 bridgehead atoms. The van der Waals surface area contributed by atoms with E-state index < -0.39 is 0 Å². The van der Waals surface area contributed by atoms with Gasteiger partial charge in [0.25, 0.3) is 0 Å². The molecule has 2 aromatic rings. The zero-order chi connectivity index (χ0) is 13.7. The monoisotopic (exact) mass is 263 g/mol. The highest BCUT2D eigenvalue weighted by Crippen LogP contribution is 2.19. The van der Waals surface area contributed by atoms with E-state index in [0.29, 0.717) is 12.0 Å². The largest absolute Gasteiger partial charge is 0.335 e. The lowest BCUT2D eigenvalue weighted by atomic mass is 10.0. The highest BCUT2D eigenvalue weighted by Gasteiger charge is 2.17. The van der Waals surface area contributed by atoms with Gasteiger partial charge in [0.1, 0.15) is 11.6 Å². The van der Waals surface area contributed by atoms with E-state index >= 15 is 0 Å². The fraction of sp³-hybridized carbons (Fsp3) is 0.385. The fourth-order valence-corrected chi connectivity index (χ4v) is 2.08. The summed E-state index contributed by atoms with van der Waals surface area (Å²) in [6.07, 6.45) is 7.98. The molecule has 0 fully saturated rings. The molecule has 1 unspecified atom stereocenters. The maximum absolute atomic E-state index is 13.7. The molecule has 2 rings (SSSR count). The Morgan fingerprint density at radius 3 is 3.00 bits per heavy atom. The number of halogens is 1. The molecule has 0 aliphatic carbocycles. The first kappa shape index (κ1) is 13.6. The van der Waals surface area contributed by atoms with E-state index in [0.717, 1.165) is 18.8 Å². The summed E-state index contributed by atoms with van der Waals surface area (Å²) in [7, 11) is 0. The van der Waals surface area contributed by atoms with Crippen molar-refractivity contribution in [3.63, 3.8) is 0 Å². The van der Waals surface area contributed by atoms with Crippen LogP contribution in [-0.4, -0.2) is 14.5 Å². The van der Waals surface area contributed by atoms with Crippen LogP contribution in [0.3, 0.4) is 0 Å². The van der Waals surface area contributed by atoms with Crippen LogP contribution >= 0.6 is 0 Å². The predicted octanol–water partition coefficient (Wildman–Crippen LogP) is 1.57. The molecule has 0 saturated carbocycles. The highest BCUT2D eigenvalue weighted by molar-refractivity contribution is 5.18. The molecule has 2 aromatic heterocycles. The Balaban J connectivity index is 2.19. The Morgan fingerprint density at radius 1 is 1.47 bits per heavy atom. The Bertz CT molecular complexity index is 525. The summed E-state index contributed by atoms with van der Waals surface area (Å²) < 4.78 is 15.8. The predicted molar refractivity (Wildman–Crippen MR) is 70.5 cm³/mol. The summed E-state index contributed by atoms with van der Waals surface area (Å²) in [5.74, 6) is 6.07. The molecular weight excluding hydrogens is 245 g/mol. The van der Waals surface area contributed by atoms with Gasteiger partial charge in [-0.15, -0.1) is 0 Å². The lowest BCUT2D eigenvalue weighted by Crippen LogP contribution is -2.31. The molecular formula is C13H18FN5. The lowest BCUT2D eigenvalue weighted by Gasteiger charge is -2.17. The van der Waals surface area contributed by atoms with Crippen LogP contribution < -0.4 is 11.3 Å². The standard InChI is InChI=1S/C13H18FN5/c1-2-6-19-7-5-17-13(19)8-12(18-15)10-3-4-16-9-11(10)14/h3-5,7,9,12,18H,2,6,8,15H2,1H3. The molecule has 5 nitrogen and oxygen atoms in total. The summed E-state index contributed by atoms with van der Waals surface area (Å²) in [4.78, 5) is 8.05. The maximum Gasteiger partial charge on any atom is 0.146 e. The number of aromatic nitrogens is 3. The van der Waals surface area contributed by atoms with Crippen LogP contribution in [0.4, 0.5) is 4.39 Å². The third kappa shape index (κ3) is 3.15. The van der Waals surface area contributed by atoms with Crippen molar-refractivity contribution >= 4 is 0 Å². The fourth-order valence-electron chi connectivity index (χ4n) is 2.08. The minimum Gasteiger partial charge on any atom is -0.335 e. The first-order valence-corrected chi connectivity index (χ1v) is 6.31. The number of hydrogen-bond donors (Lipinski definition) is 2. The SMILES string of the molecule is CCCn1ccnc1CC(NN)c1ccncc1F. The number of rotatable bonds is 6. The third-order valence-corrected chi connectivity index (χ3v) is 3.03. The normalized spacial score (nSPS) is 12.6. The summed E-state index contributed by atoms with van der Waals surface area (Å²) >= 11 is 0. The Hall–Kier alpha value is -1.79. The average molecular weight is 263 g/mol. The van der Waals surface area contributed by atoms with Gasteiger partial charge in [-0.25, -0.2) is 9.37 Å². The van der Waals surface area contributed by atoms with E-state index in [2.05, 4.69) is 26.9 Å². The number of nitrogens with two attached hydrogens (primary N) is 1. The maximum atomic E-state index is 13.7. The summed E-state index contributed by atoms with van der Waals surface area (Å²) in [5, 5.41) is 0. The topological polar surface area (TPSA) is 68.8 Å². The van der Waals surface area contributed by atoms with Gasteiger partial charge in [-0.2, -0.15) is 0 Å². The van der Waals surface area contributed by atoms with Gasteiger partial charge < -0.3 is 4.57 Å². The molecule has 1 atom stereocenters. The molecule has 3 N–H and O–H groups in total. The van der Waals surface area contributed by atoms with Crippen molar-refractivity contribution in [2.24, 2.45) is 5.84 Å². The van der Waals surface area contributed by atoms with E-state index in [4.69, 9.17) is 5.84 Å². The van der Waals surface area contributed by atoms with Crippen LogP contribution in [0.25, 0.3) is 0 Å². The minimum absolute atomic E-state index is 0.319. The number of aryl methyl sites for hydroxylation is 1. The van der Waals surface area contributed by atoms with Crippen LogP contribution in [0.15, 0.2) is 30.9 Å². The van der Waals surface area contributed by atoms with Gasteiger partial charge in [0.15, 0.2) is 0 Å². The Kier molecular flexibility index (Phi) is 4.59. The van der Waals surface area contributed by atoms with Crippen LogP contribution in [-0.2, 0) is 13.0 Å². The summed E-state index contributed by atoms with van der Waals surface area (Å²) in [6, 6.07) is 1.31. The van der Waals surface area contributed by atoms with Crippen LogP contribution in [0.1, 0.15) is 30.8 Å². The van der Waals surface area contributed by atoms with Crippen molar-refractivity contribution in [1.82, 2.24) is 20.0 Å². The second-order valence-electron chi connectivity index (χ2n) is 4.36. The zero-order valence-electron chi connectivity index (χ0n) is 10.9. The molecule has 0 spiro atoms. The summed E-state index contributed by atoms with van der Waals surface area (Å²) in [6.45, 7) is 3.00. The molecule has 0 aliphatic rings. The van der Waals surface area contributed by atoms with E-state index in [1.807, 2.05) is 6.20 Å². The molecule has 0 aliphatic heterocycles. The molecule has 102 valence electrons. The van der Waals surface area contributed by atoms with E-state index in [9.17, 15) is 4.39 Å². The molecule has 0 saturated heterocycles. The van der Waals surface area contributed by atoms with Crippen molar-refractivity contribution in [2.45, 2.75) is 32.4 Å². The van der Waals surface area contributed by atoms with Crippen molar-refractivity contribution in [3.8, 4) is 0 Å². The number of imidazole rings is 1. The van der Waals surface area contributed by atoms with Crippen molar-refractivity contribution < 1.29 is 4.39 Å². The number of nitrogens with zero attached hydrogens (tertiary/aromatic N) is 3. The minimum atomic E-state index is -0.362. The third-order valence-electron chi connectivity index (χ3n) is 3.03. The van der Waals surface area contributed by atoms with Gasteiger partial charge >= 0.3 is 0 Å². The van der Waals surface area contributed by atoms with Crippen LogP contribution in [0.5, 0.6) is 0 Å². The number of pyridine rings is 1. The molecule has 0 radical (unpaired) electrons. The lowest BCUT2D eigenvalue weighted by molar-refractivity contribution is 0.487. The van der Waals surface area contributed by atoms with Crippen LogP contribution in [0, 0.1) is 5.82 Å². The molecule has 19 heavy (non-hydrogen) atoms. The van der Waals surface area contributed by atoms with Crippen molar-refractivity contribution in [1.29, 1.82) is 0 Å². The van der Waals surface area contributed by atoms with Gasteiger partial charge in [0.05, 0.1) is 12.2 Å². The van der Waals surface area contributed by atoms with Gasteiger partial charge in [-0.05, 0) is 12.5 Å². The van der Waals surface area contributed by atoms with Crippen molar-refractivity contribution in [2.75, 3.05) is 0 Å². The average Bonchev–Trinajstić information content (AvgIpc) is 2.85. The molecule has 0 amide bonds. The quantitative estimate of drug-likeness (QED) is 0.613. The second kappa shape index (κ2) is 6.40. The van der Waals surface area contributed by atoms with Gasteiger partial charge in [-0.1, -0.05) is 6.92 Å². The van der Waals surface area contributed by atoms with Gasteiger partial charge in [0.2, 0.25) is 0 Å². The highest BCUT2D eigenvalue weighted by atomic mass is 19.1. The first-order valence-electron chi connectivity index (χ1n) is 6.31. The second-order valence-corrected chi connectivity index (χ2v) is 4.36. The number of nitrogens with one attached hydrogen (secondary N) is 1. The number of hydrazine groups is 1. The molecule has 0 aromatic carbocycles. The Labute approximate surface area is 111 Å². The van der Waals surface area contributed by atoms with Crippen molar-refractivity contribution in [3.05, 3.63) is 48.1 Å². The van der Waals surface area contributed by atoms with E-state index in [-0.39, 0.29) is 11.9 Å². The first-order chi connectivity index (χ1) is 9.26. The van der Waals surface area contributed by atoms with E-state index in [1.54, 1.807) is 18.5 Å². The van der Waals surface area contributed by atoms with Crippen LogP contribution in [0.2, 0.25) is 0 Å². The summed E-state index contributed by atoms with van der Waals surface area (Å²) in [5.41, 5.74) is 3.15. The van der Waals surface area contributed by atoms with Gasteiger partial charge in [-0.3, -0.25) is 16.3 Å². The zero-order valence-corrected chi connectivity index (χ0v) is 10.9.